The number of thioether (sulfide) groups is 1. The Morgan fingerprint density at radius 3 is 2.53 bits per heavy atom. The Balaban J connectivity index is 2.28. The summed E-state index contributed by atoms with van der Waals surface area (Å²) < 4.78 is 38.9. The minimum absolute atomic E-state index is 0.416. The van der Waals surface area contributed by atoms with Gasteiger partial charge in [-0.05, 0) is 24.3 Å². The van der Waals surface area contributed by atoms with Gasteiger partial charge in [-0.3, -0.25) is 4.57 Å². The topological polar surface area (TPSA) is 30.7 Å². The van der Waals surface area contributed by atoms with Crippen LogP contribution in [0, 0.1) is 12.3 Å². The van der Waals surface area contributed by atoms with Gasteiger partial charge in [-0.2, -0.15) is 13.2 Å². The summed E-state index contributed by atoms with van der Waals surface area (Å²) in [6, 6.07) is 4.77. The molecule has 19 heavy (non-hydrogen) atoms. The summed E-state index contributed by atoms with van der Waals surface area (Å²) in [5, 5.41) is 8.12. The first kappa shape index (κ1) is 13.5. The molecular weight excluding hydrogens is 275 g/mol. The summed E-state index contributed by atoms with van der Waals surface area (Å²) in [5.74, 6) is 2.86. The second-order valence-corrected chi connectivity index (χ2v) is 4.46. The van der Waals surface area contributed by atoms with Gasteiger partial charge in [-0.15, -0.1) is 16.6 Å². The maximum absolute atomic E-state index is 12.5. The van der Waals surface area contributed by atoms with E-state index in [9.17, 15) is 13.2 Å². The summed E-state index contributed by atoms with van der Waals surface area (Å²) in [7, 11) is 0. The van der Waals surface area contributed by atoms with E-state index >= 15 is 0 Å². The predicted octanol–water partition coefficient (Wildman–Crippen LogP) is 3.01. The molecule has 98 valence electrons. The van der Waals surface area contributed by atoms with Crippen molar-refractivity contribution in [3.63, 3.8) is 0 Å². The van der Waals surface area contributed by atoms with Gasteiger partial charge in [0.15, 0.2) is 5.16 Å². The molecule has 0 radical (unpaired) electrons. The highest BCUT2D eigenvalue weighted by atomic mass is 32.2. The van der Waals surface area contributed by atoms with Crippen LogP contribution in [0.15, 0.2) is 35.7 Å². The molecule has 0 N–H and O–H groups in total. The van der Waals surface area contributed by atoms with Gasteiger partial charge >= 0.3 is 6.18 Å². The first-order valence-electron chi connectivity index (χ1n) is 5.16. The fourth-order valence-electron chi connectivity index (χ4n) is 1.42. The van der Waals surface area contributed by atoms with Crippen molar-refractivity contribution in [3.8, 4) is 18.0 Å². The highest BCUT2D eigenvalue weighted by Crippen LogP contribution is 2.30. The van der Waals surface area contributed by atoms with Crippen LogP contribution in [0.4, 0.5) is 13.2 Å². The van der Waals surface area contributed by atoms with Crippen LogP contribution in [-0.4, -0.2) is 20.5 Å². The van der Waals surface area contributed by atoms with Gasteiger partial charge in [0.25, 0.3) is 0 Å². The number of alkyl halides is 3. The molecule has 0 unspecified atom stereocenters. The summed E-state index contributed by atoms with van der Waals surface area (Å²) in [4.78, 5) is 0. The lowest BCUT2D eigenvalue weighted by Gasteiger charge is -2.09. The largest absolute Gasteiger partial charge is 0.416 e. The van der Waals surface area contributed by atoms with Crippen molar-refractivity contribution in [3.05, 3.63) is 36.2 Å². The van der Waals surface area contributed by atoms with Crippen molar-refractivity contribution in [2.45, 2.75) is 11.3 Å². The molecule has 3 nitrogen and oxygen atoms in total. The number of benzene rings is 1. The molecule has 2 rings (SSSR count). The number of hydrogen-bond donors (Lipinski definition) is 0. The number of rotatable bonds is 3. The standard InChI is InChI=1S/C12H8F3N3S/c1-2-7-19-11-17-16-8-18(11)10-5-3-9(4-6-10)12(13,14)15/h1,3-6,8H,7H2. The Labute approximate surface area is 111 Å². The third kappa shape index (κ3) is 3.09. The molecule has 2 aromatic rings. The van der Waals surface area contributed by atoms with Crippen molar-refractivity contribution < 1.29 is 13.2 Å². The van der Waals surface area contributed by atoms with E-state index in [1.54, 1.807) is 4.57 Å². The van der Waals surface area contributed by atoms with Crippen molar-refractivity contribution >= 4 is 11.8 Å². The van der Waals surface area contributed by atoms with Crippen LogP contribution in [0.3, 0.4) is 0 Å². The van der Waals surface area contributed by atoms with Crippen molar-refractivity contribution in [1.82, 2.24) is 14.8 Å². The lowest BCUT2D eigenvalue weighted by atomic mass is 10.2. The number of terminal acetylenes is 1. The van der Waals surface area contributed by atoms with Gasteiger partial charge in [-0.1, -0.05) is 17.7 Å². The van der Waals surface area contributed by atoms with E-state index in [-0.39, 0.29) is 0 Å². The molecule has 7 heteroatoms. The van der Waals surface area contributed by atoms with E-state index in [1.807, 2.05) is 0 Å². The lowest BCUT2D eigenvalue weighted by Crippen LogP contribution is -2.05. The van der Waals surface area contributed by atoms with Crippen LogP contribution in [0.25, 0.3) is 5.69 Å². The second-order valence-electron chi connectivity index (χ2n) is 3.52. The molecule has 1 aromatic heterocycles. The lowest BCUT2D eigenvalue weighted by molar-refractivity contribution is -0.137. The summed E-state index contributed by atoms with van der Waals surface area (Å²) in [6.07, 6.45) is 2.24. The zero-order valence-corrected chi connectivity index (χ0v) is 10.4. The minimum Gasteiger partial charge on any atom is -0.277 e. The molecule has 0 atom stereocenters. The van der Waals surface area contributed by atoms with Gasteiger partial charge in [0.05, 0.1) is 11.3 Å². The highest BCUT2D eigenvalue weighted by molar-refractivity contribution is 7.99. The van der Waals surface area contributed by atoms with Gasteiger partial charge in [0, 0.05) is 5.69 Å². The number of hydrogen-bond acceptors (Lipinski definition) is 3. The van der Waals surface area contributed by atoms with Crippen molar-refractivity contribution in [2.24, 2.45) is 0 Å². The molecule has 0 aliphatic rings. The van der Waals surface area contributed by atoms with Crippen LogP contribution in [0.2, 0.25) is 0 Å². The van der Waals surface area contributed by atoms with Crippen LogP contribution < -0.4 is 0 Å². The van der Waals surface area contributed by atoms with Gasteiger partial charge in [-0.25, -0.2) is 0 Å². The first-order valence-corrected chi connectivity index (χ1v) is 6.15. The molecule has 0 saturated heterocycles. The Morgan fingerprint density at radius 2 is 1.95 bits per heavy atom. The van der Waals surface area contributed by atoms with Crippen molar-refractivity contribution in [2.75, 3.05) is 5.75 Å². The smallest absolute Gasteiger partial charge is 0.277 e. The highest BCUT2D eigenvalue weighted by Gasteiger charge is 2.30. The van der Waals surface area contributed by atoms with E-state index in [4.69, 9.17) is 6.42 Å². The van der Waals surface area contributed by atoms with E-state index in [1.165, 1.54) is 30.2 Å². The fraction of sp³-hybridized carbons (Fsp3) is 0.167. The molecule has 0 aliphatic carbocycles. The molecule has 0 spiro atoms. The Kier molecular flexibility index (Phi) is 3.81. The average molecular weight is 283 g/mol. The third-order valence-electron chi connectivity index (χ3n) is 2.27. The summed E-state index contributed by atoms with van der Waals surface area (Å²) >= 11 is 1.29. The number of aromatic nitrogens is 3. The van der Waals surface area contributed by atoms with Crippen LogP contribution >= 0.6 is 11.8 Å². The molecule has 1 aromatic carbocycles. The number of halogens is 3. The molecule has 0 aliphatic heterocycles. The monoisotopic (exact) mass is 283 g/mol. The zero-order chi connectivity index (χ0) is 13.9. The normalized spacial score (nSPS) is 11.3. The van der Waals surface area contributed by atoms with E-state index < -0.39 is 11.7 Å². The Hall–Kier alpha value is -1.94. The van der Waals surface area contributed by atoms with E-state index in [2.05, 4.69) is 16.1 Å². The SMILES string of the molecule is C#CCSc1nncn1-c1ccc(C(F)(F)F)cc1. The number of nitrogens with zero attached hydrogens (tertiary/aromatic N) is 3. The zero-order valence-electron chi connectivity index (χ0n) is 9.55. The van der Waals surface area contributed by atoms with Gasteiger partial charge < -0.3 is 0 Å². The predicted molar refractivity (Wildman–Crippen MR) is 65.9 cm³/mol. The third-order valence-corrected chi connectivity index (χ3v) is 3.12. The van der Waals surface area contributed by atoms with Crippen molar-refractivity contribution in [1.29, 1.82) is 0 Å². The average Bonchev–Trinajstić information content (AvgIpc) is 2.83. The van der Waals surface area contributed by atoms with Gasteiger partial charge in [0.1, 0.15) is 6.33 Å². The molecule has 0 amide bonds. The van der Waals surface area contributed by atoms with E-state index in [0.29, 0.717) is 16.6 Å². The Bertz CT molecular complexity index is 596. The maximum atomic E-state index is 12.5. The Morgan fingerprint density at radius 1 is 1.26 bits per heavy atom. The second kappa shape index (κ2) is 5.36. The molecule has 0 bridgehead atoms. The molecular formula is C12H8F3N3S. The summed E-state index contributed by atoms with van der Waals surface area (Å²) in [5.41, 5.74) is -0.139. The minimum atomic E-state index is -4.34. The molecule has 0 saturated carbocycles. The van der Waals surface area contributed by atoms with Crippen LogP contribution in [0.1, 0.15) is 5.56 Å². The van der Waals surface area contributed by atoms with Crippen LogP contribution in [-0.2, 0) is 6.18 Å². The van der Waals surface area contributed by atoms with Crippen LogP contribution in [0.5, 0.6) is 0 Å². The van der Waals surface area contributed by atoms with Gasteiger partial charge in [0.2, 0.25) is 0 Å². The fourth-order valence-corrected chi connectivity index (χ4v) is 2.03. The first-order chi connectivity index (χ1) is 9.02. The van der Waals surface area contributed by atoms with E-state index in [0.717, 1.165) is 12.1 Å². The molecule has 1 heterocycles. The maximum Gasteiger partial charge on any atom is 0.416 e. The summed E-state index contributed by atoms with van der Waals surface area (Å²) in [6.45, 7) is 0. The molecule has 0 fully saturated rings. The quantitative estimate of drug-likeness (QED) is 0.641.